The third kappa shape index (κ3) is 6.88. The van der Waals surface area contributed by atoms with Crippen LogP contribution in [0.3, 0.4) is 0 Å². The Balaban J connectivity index is 1.61. The van der Waals surface area contributed by atoms with Gasteiger partial charge >= 0.3 is 11.8 Å². The van der Waals surface area contributed by atoms with E-state index >= 15 is 0 Å². The van der Waals surface area contributed by atoms with E-state index in [4.69, 9.17) is 9.47 Å². The van der Waals surface area contributed by atoms with E-state index in [9.17, 15) is 14.0 Å². The Morgan fingerprint density at radius 1 is 1.06 bits per heavy atom. The molecular formula is C24H21BrFN3O4. The third-order valence-corrected chi connectivity index (χ3v) is 5.03. The van der Waals surface area contributed by atoms with Gasteiger partial charge in [0.2, 0.25) is 0 Å². The van der Waals surface area contributed by atoms with Crippen LogP contribution in [0.2, 0.25) is 0 Å². The van der Waals surface area contributed by atoms with Gasteiger partial charge in [0, 0.05) is 5.69 Å². The van der Waals surface area contributed by atoms with Crippen molar-refractivity contribution in [2.24, 2.45) is 5.10 Å². The zero-order valence-corrected chi connectivity index (χ0v) is 19.5. The zero-order valence-electron chi connectivity index (χ0n) is 17.9. The summed E-state index contributed by atoms with van der Waals surface area (Å²) in [5, 5.41) is 6.32. The second-order valence-corrected chi connectivity index (χ2v) is 7.82. The second-order valence-electron chi connectivity index (χ2n) is 6.97. The molecule has 3 rings (SSSR count). The normalized spacial score (nSPS) is 10.7. The largest absolute Gasteiger partial charge is 0.493 e. The van der Waals surface area contributed by atoms with Crippen LogP contribution in [0.4, 0.5) is 10.1 Å². The molecule has 170 valence electrons. The standard InChI is InChI=1S/C24H21BrFN3O4/c1-15-3-9-19(10-4-15)28-23(30)24(31)29-27-13-17-11-20(25)22(21(12-17)32-2)33-14-16-5-7-18(26)8-6-16/h3-13H,14H2,1-2H3,(H,28,30)(H,29,31)/b27-13+. The molecule has 0 heterocycles. The fraction of sp³-hybridized carbons (Fsp3) is 0.125. The number of halogens is 2. The van der Waals surface area contributed by atoms with Crippen LogP contribution in [-0.2, 0) is 16.2 Å². The summed E-state index contributed by atoms with van der Waals surface area (Å²) in [6.45, 7) is 2.14. The second kappa shape index (κ2) is 11.2. The summed E-state index contributed by atoms with van der Waals surface area (Å²) < 4.78 is 24.8. The smallest absolute Gasteiger partial charge is 0.329 e. The van der Waals surface area contributed by atoms with E-state index in [0.717, 1.165) is 11.1 Å². The van der Waals surface area contributed by atoms with Gasteiger partial charge in [-0.1, -0.05) is 29.8 Å². The molecule has 0 aliphatic heterocycles. The van der Waals surface area contributed by atoms with Gasteiger partial charge in [-0.25, -0.2) is 9.82 Å². The number of aryl methyl sites for hydroxylation is 1. The van der Waals surface area contributed by atoms with Crippen LogP contribution in [-0.4, -0.2) is 25.1 Å². The number of hydrazone groups is 1. The predicted octanol–water partition coefficient (Wildman–Crippen LogP) is 4.57. The Morgan fingerprint density at radius 3 is 2.42 bits per heavy atom. The van der Waals surface area contributed by atoms with Gasteiger partial charge < -0.3 is 14.8 Å². The van der Waals surface area contributed by atoms with E-state index in [1.54, 1.807) is 36.4 Å². The lowest BCUT2D eigenvalue weighted by Crippen LogP contribution is -2.32. The summed E-state index contributed by atoms with van der Waals surface area (Å²) >= 11 is 3.43. The summed E-state index contributed by atoms with van der Waals surface area (Å²) in [5.41, 5.74) is 5.12. The van der Waals surface area contributed by atoms with Crippen LogP contribution >= 0.6 is 15.9 Å². The molecule has 0 atom stereocenters. The number of amides is 2. The minimum atomic E-state index is -0.905. The molecule has 0 aliphatic carbocycles. The number of methoxy groups -OCH3 is 1. The van der Waals surface area contributed by atoms with Crippen molar-refractivity contribution in [1.82, 2.24) is 5.43 Å². The Morgan fingerprint density at radius 2 is 1.76 bits per heavy atom. The molecule has 0 bridgehead atoms. The maximum atomic E-state index is 13.1. The van der Waals surface area contributed by atoms with E-state index in [1.165, 1.54) is 25.5 Å². The molecule has 3 aromatic carbocycles. The van der Waals surface area contributed by atoms with Gasteiger partial charge in [0.15, 0.2) is 11.5 Å². The van der Waals surface area contributed by atoms with Crippen LogP contribution in [0, 0.1) is 12.7 Å². The number of nitrogens with zero attached hydrogens (tertiary/aromatic N) is 1. The maximum absolute atomic E-state index is 13.1. The van der Waals surface area contributed by atoms with Crippen molar-refractivity contribution in [2.45, 2.75) is 13.5 Å². The Kier molecular flexibility index (Phi) is 8.15. The molecule has 0 radical (unpaired) electrons. The summed E-state index contributed by atoms with van der Waals surface area (Å²) in [6, 6.07) is 16.4. The molecule has 0 aromatic heterocycles. The third-order valence-electron chi connectivity index (χ3n) is 4.44. The molecular weight excluding hydrogens is 493 g/mol. The van der Waals surface area contributed by atoms with Crippen LogP contribution < -0.4 is 20.2 Å². The highest BCUT2D eigenvalue weighted by atomic mass is 79.9. The van der Waals surface area contributed by atoms with E-state index in [-0.39, 0.29) is 12.4 Å². The van der Waals surface area contributed by atoms with Crippen LogP contribution in [0.1, 0.15) is 16.7 Å². The first-order valence-corrected chi connectivity index (χ1v) is 10.6. The van der Waals surface area contributed by atoms with Crippen LogP contribution in [0.5, 0.6) is 11.5 Å². The Labute approximate surface area is 198 Å². The van der Waals surface area contributed by atoms with Gasteiger partial charge in [-0.3, -0.25) is 9.59 Å². The summed E-state index contributed by atoms with van der Waals surface area (Å²) in [7, 11) is 1.49. The minimum Gasteiger partial charge on any atom is -0.493 e. The first-order chi connectivity index (χ1) is 15.9. The quantitative estimate of drug-likeness (QED) is 0.275. The monoisotopic (exact) mass is 513 g/mol. The first-order valence-electron chi connectivity index (χ1n) is 9.81. The average Bonchev–Trinajstić information content (AvgIpc) is 2.80. The van der Waals surface area contributed by atoms with Crippen molar-refractivity contribution < 1.29 is 23.5 Å². The number of hydrogen-bond acceptors (Lipinski definition) is 5. The number of hydrogen-bond donors (Lipinski definition) is 2. The number of anilines is 1. The van der Waals surface area contributed by atoms with Gasteiger partial charge in [0.1, 0.15) is 12.4 Å². The summed E-state index contributed by atoms with van der Waals surface area (Å²) in [4.78, 5) is 24.0. The van der Waals surface area contributed by atoms with Crippen molar-refractivity contribution >= 4 is 39.6 Å². The lowest BCUT2D eigenvalue weighted by atomic mass is 10.2. The predicted molar refractivity (Wildman–Crippen MR) is 127 cm³/mol. The molecule has 0 unspecified atom stereocenters. The summed E-state index contributed by atoms with van der Waals surface area (Å²) in [6.07, 6.45) is 1.37. The molecule has 33 heavy (non-hydrogen) atoms. The van der Waals surface area contributed by atoms with Crippen molar-refractivity contribution in [2.75, 3.05) is 12.4 Å². The zero-order chi connectivity index (χ0) is 23.8. The number of nitrogens with one attached hydrogen (secondary N) is 2. The van der Waals surface area contributed by atoms with Gasteiger partial charge in [-0.05, 0) is 70.4 Å². The van der Waals surface area contributed by atoms with Gasteiger partial charge in [0.05, 0.1) is 17.8 Å². The molecule has 3 aromatic rings. The minimum absolute atomic E-state index is 0.217. The molecule has 7 nitrogen and oxygen atoms in total. The highest BCUT2D eigenvalue weighted by Crippen LogP contribution is 2.36. The lowest BCUT2D eigenvalue weighted by Gasteiger charge is -2.13. The first kappa shape index (κ1) is 23.9. The highest BCUT2D eigenvalue weighted by Gasteiger charge is 2.14. The molecule has 0 saturated heterocycles. The molecule has 0 aliphatic rings. The number of ether oxygens (including phenoxy) is 2. The van der Waals surface area contributed by atoms with E-state index in [0.29, 0.717) is 27.2 Å². The Hall–Kier alpha value is -3.72. The highest BCUT2D eigenvalue weighted by molar-refractivity contribution is 9.10. The van der Waals surface area contributed by atoms with E-state index in [1.807, 2.05) is 19.1 Å². The van der Waals surface area contributed by atoms with Gasteiger partial charge in [0.25, 0.3) is 0 Å². The van der Waals surface area contributed by atoms with Crippen molar-refractivity contribution in [3.05, 3.63) is 87.6 Å². The fourth-order valence-electron chi connectivity index (χ4n) is 2.73. The molecule has 2 N–H and O–H groups in total. The lowest BCUT2D eigenvalue weighted by molar-refractivity contribution is -0.136. The van der Waals surface area contributed by atoms with Crippen molar-refractivity contribution in [3.63, 3.8) is 0 Å². The number of carbonyl (C=O) groups is 2. The number of benzene rings is 3. The SMILES string of the molecule is COc1cc(/C=N/NC(=O)C(=O)Nc2ccc(C)cc2)cc(Br)c1OCc1ccc(F)cc1. The number of carbonyl (C=O) groups excluding carboxylic acids is 2. The van der Waals surface area contributed by atoms with Crippen molar-refractivity contribution in [3.8, 4) is 11.5 Å². The maximum Gasteiger partial charge on any atom is 0.329 e. The van der Waals surface area contributed by atoms with Gasteiger partial charge in [-0.15, -0.1) is 0 Å². The van der Waals surface area contributed by atoms with Crippen molar-refractivity contribution in [1.29, 1.82) is 0 Å². The number of rotatable bonds is 7. The molecule has 0 spiro atoms. The van der Waals surface area contributed by atoms with Crippen LogP contribution in [0.15, 0.2) is 70.2 Å². The van der Waals surface area contributed by atoms with Gasteiger partial charge in [-0.2, -0.15) is 5.10 Å². The molecule has 2 amide bonds. The fourth-order valence-corrected chi connectivity index (χ4v) is 3.31. The Bertz CT molecular complexity index is 1170. The average molecular weight is 514 g/mol. The van der Waals surface area contributed by atoms with Crippen LogP contribution in [0.25, 0.3) is 0 Å². The van der Waals surface area contributed by atoms with E-state index in [2.05, 4.69) is 31.8 Å². The molecule has 0 fully saturated rings. The molecule has 9 heteroatoms. The molecule has 0 saturated carbocycles. The van der Waals surface area contributed by atoms with E-state index < -0.39 is 11.8 Å². The topological polar surface area (TPSA) is 89.0 Å². The summed E-state index contributed by atoms with van der Waals surface area (Å²) in [5.74, 6) is -1.17.